The summed E-state index contributed by atoms with van der Waals surface area (Å²) in [7, 11) is -1.56. The summed E-state index contributed by atoms with van der Waals surface area (Å²) in [5.41, 5.74) is 11.7. The molecule has 21 nitrogen and oxygen atoms in total. The molecular formula is C22H30N10O11P2S2. The highest BCUT2D eigenvalue weighted by atomic mass is 32.5. The van der Waals surface area contributed by atoms with E-state index >= 15 is 0 Å². The van der Waals surface area contributed by atoms with Gasteiger partial charge in [-0.05, 0) is 11.8 Å². The number of aromatic amines is 1. The highest BCUT2D eigenvalue weighted by Gasteiger charge is 2.50. The highest BCUT2D eigenvalue weighted by Crippen LogP contribution is 2.54. The second kappa shape index (κ2) is 13.7. The van der Waals surface area contributed by atoms with E-state index in [2.05, 4.69) is 29.9 Å². The zero-order chi connectivity index (χ0) is 33.6. The Hall–Kier alpha value is -2.63. The van der Waals surface area contributed by atoms with Crippen molar-refractivity contribution in [3.05, 3.63) is 29.3 Å². The number of nitrogens with one attached hydrogen (secondary N) is 1. The van der Waals surface area contributed by atoms with Crippen LogP contribution in [0.3, 0.4) is 0 Å². The monoisotopic (exact) mass is 736 g/mol. The maximum Gasteiger partial charge on any atom is 0.325 e. The van der Waals surface area contributed by atoms with Crippen LogP contribution in [0.1, 0.15) is 11.6 Å². The minimum absolute atomic E-state index is 0.0410. The lowest BCUT2D eigenvalue weighted by molar-refractivity contribution is -0.0588. The topological polar surface area (TPSA) is 303 Å². The molecule has 4 aromatic heterocycles. The average Bonchev–Trinajstić information content (AvgIpc) is 3.77. The lowest BCUT2D eigenvalue weighted by Gasteiger charge is -2.27. The normalized spacial score (nSPS) is 29.9. The predicted octanol–water partition coefficient (Wildman–Crippen LogP) is -1.57. The number of nitrogens with zero attached hydrogens (tertiary/aromatic N) is 7. The van der Waals surface area contributed by atoms with Gasteiger partial charge in [0.1, 0.15) is 48.0 Å². The number of aromatic nitrogens is 8. The summed E-state index contributed by atoms with van der Waals surface area (Å²) in [5, 5.41) is 20.6. The third kappa shape index (κ3) is 6.81. The van der Waals surface area contributed by atoms with Crippen LogP contribution in [0.4, 0.5) is 11.8 Å². The Morgan fingerprint density at radius 3 is 2.60 bits per heavy atom. The molecule has 2 saturated heterocycles. The van der Waals surface area contributed by atoms with Gasteiger partial charge in [-0.2, -0.15) is 4.98 Å². The van der Waals surface area contributed by atoms with Gasteiger partial charge >= 0.3 is 6.72 Å². The number of anilines is 2. The van der Waals surface area contributed by atoms with Gasteiger partial charge in [0.05, 0.1) is 37.2 Å². The second-order valence-electron chi connectivity index (χ2n) is 10.4. The largest absolute Gasteiger partial charge is 0.389 e. The number of hydrogen-bond acceptors (Lipinski definition) is 18. The van der Waals surface area contributed by atoms with Gasteiger partial charge in [0.25, 0.3) is 5.56 Å². The van der Waals surface area contributed by atoms with Gasteiger partial charge in [0.2, 0.25) is 14.0 Å². The van der Waals surface area contributed by atoms with Gasteiger partial charge in [-0.1, -0.05) is 0 Å². The van der Waals surface area contributed by atoms with Crippen molar-refractivity contribution >= 4 is 72.4 Å². The first-order valence-electron chi connectivity index (χ1n) is 13.7. The Bertz CT molecular complexity index is 1900. The number of rotatable bonds is 12. The Balaban J connectivity index is 1.20. The van der Waals surface area contributed by atoms with Crippen LogP contribution in [0.2, 0.25) is 0 Å². The van der Waals surface area contributed by atoms with E-state index in [1.165, 1.54) is 35.2 Å². The van der Waals surface area contributed by atoms with Gasteiger partial charge in [-0.15, -0.1) is 11.8 Å². The zero-order valence-electron chi connectivity index (χ0n) is 24.2. The first-order valence-corrected chi connectivity index (χ1v) is 18.8. The van der Waals surface area contributed by atoms with E-state index < -0.39 is 80.6 Å². The number of nitrogen functional groups attached to an aromatic ring is 2. The van der Waals surface area contributed by atoms with Gasteiger partial charge in [0, 0.05) is 7.11 Å². The third-order valence-electron chi connectivity index (χ3n) is 7.45. The van der Waals surface area contributed by atoms with Crippen molar-refractivity contribution in [1.82, 2.24) is 39.0 Å². The molecule has 0 aliphatic carbocycles. The van der Waals surface area contributed by atoms with Crippen LogP contribution < -0.4 is 17.0 Å². The zero-order valence-corrected chi connectivity index (χ0v) is 27.7. The molecule has 4 aromatic rings. The molecule has 2 fully saturated rings. The number of ether oxygens (including phenoxy) is 3. The van der Waals surface area contributed by atoms with Crippen molar-refractivity contribution in [1.29, 1.82) is 0 Å². The van der Waals surface area contributed by atoms with Gasteiger partial charge in [0.15, 0.2) is 28.9 Å². The summed E-state index contributed by atoms with van der Waals surface area (Å²) < 4.78 is 42.4. The molecule has 0 saturated carbocycles. The number of methoxy groups -OCH3 is 1. The van der Waals surface area contributed by atoms with E-state index in [1.807, 2.05) is 0 Å². The molecule has 25 heteroatoms. The van der Waals surface area contributed by atoms with E-state index in [4.69, 9.17) is 51.4 Å². The van der Waals surface area contributed by atoms with E-state index in [9.17, 15) is 24.5 Å². The molecule has 6 rings (SSSR count). The summed E-state index contributed by atoms with van der Waals surface area (Å²) in [5.74, 6) is -0.0334. The van der Waals surface area contributed by atoms with Gasteiger partial charge in [-0.25, -0.2) is 19.9 Å². The van der Waals surface area contributed by atoms with Crippen molar-refractivity contribution in [2.75, 3.05) is 38.1 Å². The van der Waals surface area contributed by atoms with Gasteiger partial charge < -0.3 is 50.2 Å². The van der Waals surface area contributed by atoms with Crippen LogP contribution in [0, 0.1) is 0 Å². The maximum absolute atomic E-state index is 12.4. The number of thioether (sulfide) groups is 1. The van der Waals surface area contributed by atoms with E-state index in [-0.39, 0.29) is 29.5 Å². The average molecular weight is 737 g/mol. The van der Waals surface area contributed by atoms with Crippen molar-refractivity contribution in [3.63, 3.8) is 0 Å². The summed E-state index contributed by atoms with van der Waals surface area (Å²) in [6, 6.07) is 0. The van der Waals surface area contributed by atoms with Crippen LogP contribution in [0.15, 0.2) is 23.8 Å². The molecule has 2 aliphatic heterocycles. The quantitative estimate of drug-likeness (QED) is 0.0808. The SMILES string of the molecule is CO[C@@H]1[C@H](O)[C@@H](COP(O)(=S)O[C@@H]2[C@H](O)[C@@H](COC[PH](=O)O)S[C@H]2n2cnc3c(=O)[nH]c(N)nc32)O[C@H]1n1cnc2c(N)ncnc21. The standard InChI is InChI=1S/C22H30N10O11P2S2/c1-39-14-12(33)8(42-20(14)31-5-27-10-16(23)25-4-26-17(10)31)2-41-45(38,46)43-15-13(34)9(3-40-7-44(36)37)47-21(15)32-6-28-11-18(32)29-22(24)30-19(11)35/h4-6,8-9,12-15,20-21,33-34,44H,2-3,7H2,1H3,(H,36,37)(H,38,46)(H2,23,25,26)(H3,24,29,30,35)/t8-,9-,12-,13-,14-,15-,20-,21-,45?/m1/s1. The fourth-order valence-corrected chi connectivity index (χ4v) is 8.63. The lowest BCUT2D eigenvalue weighted by atomic mass is 10.1. The Morgan fingerprint density at radius 2 is 1.85 bits per heavy atom. The number of H-pyrrole nitrogens is 1. The number of aliphatic hydroxyl groups excluding tert-OH is 2. The lowest BCUT2D eigenvalue weighted by Crippen LogP contribution is -2.36. The molecule has 256 valence electrons. The Kier molecular flexibility index (Phi) is 9.99. The number of hydrogen-bond donors (Lipinski definition) is 7. The molecule has 2 aliphatic rings. The maximum atomic E-state index is 12.4. The highest BCUT2D eigenvalue weighted by molar-refractivity contribution is 8.07. The van der Waals surface area contributed by atoms with Crippen molar-refractivity contribution in [3.8, 4) is 0 Å². The minimum Gasteiger partial charge on any atom is -0.389 e. The fraction of sp³-hybridized carbons (Fsp3) is 0.545. The van der Waals surface area contributed by atoms with Crippen LogP contribution in [0.25, 0.3) is 22.3 Å². The molecule has 9 N–H and O–H groups in total. The molecule has 0 amide bonds. The minimum atomic E-state index is -4.20. The summed E-state index contributed by atoms with van der Waals surface area (Å²) in [6.45, 7) is -4.82. The first-order chi connectivity index (χ1) is 22.4. The second-order valence-corrected chi connectivity index (χ2v) is 15.6. The summed E-state index contributed by atoms with van der Waals surface area (Å²) in [6.07, 6.45) is -3.30. The van der Waals surface area contributed by atoms with E-state index in [1.54, 1.807) is 0 Å². The molecule has 0 spiro atoms. The summed E-state index contributed by atoms with van der Waals surface area (Å²) in [4.78, 5) is 55.6. The fourth-order valence-electron chi connectivity index (χ4n) is 5.33. The molecule has 2 unspecified atom stereocenters. The predicted molar refractivity (Wildman–Crippen MR) is 169 cm³/mol. The van der Waals surface area contributed by atoms with Crippen LogP contribution in [0.5, 0.6) is 0 Å². The van der Waals surface area contributed by atoms with Crippen LogP contribution >= 0.6 is 26.5 Å². The molecule has 0 radical (unpaired) electrons. The van der Waals surface area contributed by atoms with Crippen molar-refractivity contribution in [2.45, 2.75) is 47.4 Å². The first kappa shape index (κ1) is 34.2. The molecule has 6 heterocycles. The third-order valence-corrected chi connectivity index (χ3v) is 11.0. The molecule has 10 atom stereocenters. The van der Waals surface area contributed by atoms with Crippen molar-refractivity contribution < 1.29 is 47.8 Å². The number of aliphatic hydroxyl groups is 2. The van der Waals surface area contributed by atoms with Gasteiger partial charge in [-0.3, -0.25) is 28.0 Å². The summed E-state index contributed by atoms with van der Waals surface area (Å²) >= 11 is 6.41. The number of nitrogens with two attached hydrogens (primary N) is 2. The number of imidazole rings is 2. The van der Waals surface area contributed by atoms with Crippen molar-refractivity contribution in [2.24, 2.45) is 0 Å². The Morgan fingerprint density at radius 1 is 1.11 bits per heavy atom. The molecule has 0 aromatic carbocycles. The molecule has 0 bridgehead atoms. The number of fused-ring (bicyclic) bond motifs is 2. The Labute approximate surface area is 273 Å². The van der Waals surface area contributed by atoms with E-state index in [0.717, 1.165) is 11.8 Å². The smallest absolute Gasteiger partial charge is 0.325 e. The molecule has 47 heavy (non-hydrogen) atoms. The van der Waals surface area contributed by atoms with Crippen LogP contribution in [-0.4, -0.2) is 121 Å². The van der Waals surface area contributed by atoms with E-state index in [0.29, 0.717) is 11.2 Å². The van der Waals surface area contributed by atoms with Crippen LogP contribution in [-0.2, 0) is 39.6 Å². The molecular weight excluding hydrogens is 706 g/mol.